The van der Waals surface area contributed by atoms with Gasteiger partial charge in [-0.3, -0.25) is 0 Å². The zero-order chi connectivity index (χ0) is 14.1. The number of oxazole rings is 1. The molecule has 0 spiro atoms. The third-order valence-corrected chi connectivity index (χ3v) is 3.32. The van der Waals surface area contributed by atoms with Crippen LogP contribution in [0.25, 0.3) is 22.1 Å². The van der Waals surface area contributed by atoms with Crippen molar-refractivity contribution in [3.05, 3.63) is 42.1 Å². The van der Waals surface area contributed by atoms with E-state index in [4.69, 9.17) is 9.15 Å². The smallest absolute Gasteiger partial charge is 0.295 e. The molecule has 1 N–H and O–H groups in total. The molecule has 0 amide bonds. The quantitative estimate of drug-likeness (QED) is 0.783. The van der Waals surface area contributed by atoms with Crippen LogP contribution in [0.2, 0.25) is 0 Å². The first-order valence-corrected chi connectivity index (χ1v) is 6.44. The van der Waals surface area contributed by atoms with Crippen LogP contribution in [0, 0.1) is 6.92 Å². The number of methoxy groups -OCH3 is 1. The summed E-state index contributed by atoms with van der Waals surface area (Å²) in [6.45, 7) is 1.94. The summed E-state index contributed by atoms with van der Waals surface area (Å²) in [4.78, 5) is 4.32. The number of ether oxygens (including phenoxy) is 1. The van der Waals surface area contributed by atoms with Gasteiger partial charge in [0.05, 0.1) is 12.8 Å². The minimum atomic E-state index is 0.535. The van der Waals surface area contributed by atoms with Crippen LogP contribution in [-0.4, -0.2) is 19.1 Å². The standard InChI is InChI=1S/C16H16N2O2/c1-10-15(20-16(17-2)18-10)13-5-4-12-9-14(19-3)7-6-11(12)8-13/h4-9H,1-3H3,(H,17,18). The molecule has 1 aromatic heterocycles. The molecule has 1 heterocycles. The Kier molecular flexibility index (Phi) is 3.06. The lowest BCUT2D eigenvalue weighted by atomic mass is 10.0. The molecule has 0 aliphatic heterocycles. The molecular formula is C16H16N2O2. The Balaban J connectivity index is 2.10. The number of nitrogens with one attached hydrogen (secondary N) is 1. The number of benzene rings is 2. The van der Waals surface area contributed by atoms with Gasteiger partial charge in [0.15, 0.2) is 5.76 Å². The van der Waals surface area contributed by atoms with Crippen LogP contribution in [0.1, 0.15) is 5.69 Å². The van der Waals surface area contributed by atoms with Gasteiger partial charge in [-0.15, -0.1) is 0 Å². The summed E-state index contributed by atoms with van der Waals surface area (Å²) in [7, 11) is 3.47. The van der Waals surface area contributed by atoms with Crippen LogP contribution >= 0.6 is 0 Å². The van der Waals surface area contributed by atoms with Crippen LogP contribution in [-0.2, 0) is 0 Å². The van der Waals surface area contributed by atoms with E-state index in [0.717, 1.165) is 33.5 Å². The fraction of sp³-hybridized carbons (Fsp3) is 0.188. The van der Waals surface area contributed by atoms with E-state index in [-0.39, 0.29) is 0 Å². The van der Waals surface area contributed by atoms with E-state index >= 15 is 0 Å². The Hall–Kier alpha value is -2.49. The largest absolute Gasteiger partial charge is 0.497 e. The van der Waals surface area contributed by atoms with Gasteiger partial charge >= 0.3 is 0 Å². The average Bonchev–Trinajstić information content (AvgIpc) is 2.87. The van der Waals surface area contributed by atoms with Gasteiger partial charge < -0.3 is 14.5 Å². The van der Waals surface area contributed by atoms with Crippen molar-refractivity contribution < 1.29 is 9.15 Å². The number of rotatable bonds is 3. The van der Waals surface area contributed by atoms with Crippen molar-refractivity contribution in [1.29, 1.82) is 0 Å². The molecule has 102 valence electrons. The van der Waals surface area contributed by atoms with Gasteiger partial charge in [-0.05, 0) is 35.9 Å². The Labute approximate surface area is 117 Å². The Morgan fingerprint density at radius 1 is 1.10 bits per heavy atom. The van der Waals surface area contributed by atoms with Gasteiger partial charge in [-0.25, -0.2) is 0 Å². The third-order valence-electron chi connectivity index (χ3n) is 3.32. The van der Waals surface area contributed by atoms with Crippen molar-refractivity contribution in [3.63, 3.8) is 0 Å². The van der Waals surface area contributed by atoms with E-state index in [1.807, 2.05) is 31.2 Å². The summed E-state index contributed by atoms with van der Waals surface area (Å²) in [5.74, 6) is 1.66. The van der Waals surface area contributed by atoms with Gasteiger partial charge in [-0.2, -0.15) is 4.98 Å². The first kappa shape index (κ1) is 12.5. The molecule has 0 saturated carbocycles. The van der Waals surface area contributed by atoms with E-state index in [0.29, 0.717) is 6.01 Å². The zero-order valence-electron chi connectivity index (χ0n) is 11.7. The lowest BCUT2D eigenvalue weighted by molar-refractivity contribution is 0.415. The second-order valence-corrected chi connectivity index (χ2v) is 4.61. The molecule has 0 aliphatic rings. The van der Waals surface area contributed by atoms with E-state index in [1.165, 1.54) is 0 Å². The first-order chi connectivity index (χ1) is 9.71. The number of hydrogen-bond acceptors (Lipinski definition) is 4. The highest BCUT2D eigenvalue weighted by Crippen LogP contribution is 2.30. The van der Waals surface area contributed by atoms with Gasteiger partial charge in [0.1, 0.15) is 5.75 Å². The van der Waals surface area contributed by atoms with Crippen molar-refractivity contribution in [2.75, 3.05) is 19.5 Å². The molecule has 0 unspecified atom stereocenters. The van der Waals surface area contributed by atoms with Gasteiger partial charge in [-0.1, -0.05) is 18.2 Å². The van der Waals surface area contributed by atoms with E-state index in [9.17, 15) is 0 Å². The van der Waals surface area contributed by atoms with Crippen molar-refractivity contribution in [2.24, 2.45) is 0 Å². The van der Waals surface area contributed by atoms with Crippen LogP contribution < -0.4 is 10.1 Å². The SMILES string of the molecule is CNc1nc(C)c(-c2ccc3cc(OC)ccc3c2)o1. The Bertz CT molecular complexity index is 762. The molecule has 2 aromatic carbocycles. The van der Waals surface area contributed by atoms with Crippen molar-refractivity contribution >= 4 is 16.8 Å². The van der Waals surface area contributed by atoms with Gasteiger partial charge in [0.25, 0.3) is 6.01 Å². The predicted octanol–water partition coefficient (Wildman–Crippen LogP) is 3.85. The molecule has 0 aliphatic carbocycles. The number of nitrogens with zero attached hydrogens (tertiary/aromatic N) is 1. The lowest BCUT2D eigenvalue weighted by Gasteiger charge is -2.04. The minimum absolute atomic E-state index is 0.535. The zero-order valence-corrected chi connectivity index (χ0v) is 11.7. The molecule has 0 atom stereocenters. The lowest BCUT2D eigenvalue weighted by Crippen LogP contribution is -1.85. The van der Waals surface area contributed by atoms with Crippen LogP contribution in [0.4, 0.5) is 6.01 Å². The summed E-state index contributed by atoms with van der Waals surface area (Å²) in [5, 5.41) is 5.20. The monoisotopic (exact) mass is 268 g/mol. The summed E-state index contributed by atoms with van der Waals surface area (Å²) >= 11 is 0. The molecule has 3 aromatic rings. The molecule has 0 bridgehead atoms. The summed E-state index contributed by atoms with van der Waals surface area (Å²) < 4.78 is 10.9. The van der Waals surface area contributed by atoms with E-state index < -0.39 is 0 Å². The number of aromatic nitrogens is 1. The Morgan fingerprint density at radius 3 is 2.55 bits per heavy atom. The predicted molar refractivity (Wildman–Crippen MR) is 80.3 cm³/mol. The first-order valence-electron chi connectivity index (χ1n) is 6.44. The van der Waals surface area contributed by atoms with E-state index in [2.05, 4.69) is 22.4 Å². The highest BCUT2D eigenvalue weighted by Gasteiger charge is 2.11. The normalized spacial score (nSPS) is 10.8. The molecule has 4 nitrogen and oxygen atoms in total. The third kappa shape index (κ3) is 2.09. The number of aryl methyl sites for hydroxylation is 1. The number of anilines is 1. The highest BCUT2D eigenvalue weighted by molar-refractivity contribution is 5.88. The molecule has 3 rings (SSSR count). The van der Waals surface area contributed by atoms with Crippen molar-refractivity contribution in [3.8, 4) is 17.1 Å². The number of fused-ring (bicyclic) bond motifs is 1. The van der Waals surface area contributed by atoms with Crippen molar-refractivity contribution in [2.45, 2.75) is 6.92 Å². The van der Waals surface area contributed by atoms with Gasteiger partial charge in [0.2, 0.25) is 0 Å². The van der Waals surface area contributed by atoms with Gasteiger partial charge in [0, 0.05) is 12.6 Å². The molecular weight excluding hydrogens is 252 g/mol. The average molecular weight is 268 g/mol. The van der Waals surface area contributed by atoms with Crippen molar-refractivity contribution in [1.82, 2.24) is 4.98 Å². The Morgan fingerprint density at radius 2 is 1.85 bits per heavy atom. The maximum atomic E-state index is 5.70. The second kappa shape index (κ2) is 4.89. The summed E-state index contributed by atoms with van der Waals surface area (Å²) in [6, 6.07) is 12.8. The molecule has 0 radical (unpaired) electrons. The molecule has 20 heavy (non-hydrogen) atoms. The van der Waals surface area contributed by atoms with Crippen LogP contribution in [0.15, 0.2) is 40.8 Å². The fourth-order valence-corrected chi connectivity index (χ4v) is 2.26. The van der Waals surface area contributed by atoms with Crippen LogP contribution in [0.5, 0.6) is 5.75 Å². The summed E-state index contributed by atoms with van der Waals surface area (Å²) in [5.41, 5.74) is 1.90. The maximum Gasteiger partial charge on any atom is 0.295 e. The van der Waals surface area contributed by atoms with Crippen LogP contribution in [0.3, 0.4) is 0 Å². The van der Waals surface area contributed by atoms with E-state index in [1.54, 1.807) is 14.2 Å². The summed E-state index contributed by atoms with van der Waals surface area (Å²) in [6.07, 6.45) is 0. The maximum absolute atomic E-state index is 5.70. The fourth-order valence-electron chi connectivity index (χ4n) is 2.26. The topological polar surface area (TPSA) is 47.3 Å². The molecule has 0 saturated heterocycles. The highest BCUT2D eigenvalue weighted by atomic mass is 16.5. The molecule has 4 heteroatoms. The molecule has 0 fully saturated rings. The second-order valence-electron chi connectivity index (χ2n) is 4.61. The minimum Gasteiger partial charge on any atom is -0.497 e. The number of hydrogen-bond donors (Lipinski definition) is 1.